The minimum absolute atomic E-state index is 0.302. The lowest BCUT2D eigenvalue weighted by Crippen LogP contribution is -2.37. The zero-order chi connectivity index (χ0) is 20.4. The summed E-state index contributed by atoms with van der Waals surface area (Å²) in [5, 5.41) is 4.23. The summed E-state index contributed by atoms with van der Waals surface area (Å²) in [6.07, 6.45) is 4.97. The number of nitrogens with one attached hydrogen (secondary N) is 1. The second-order valence-corrected chi connectivity index (χ2v) is 6.54. The van der Waals surface area contributed by atoms with E-state index in [0.717, 1.165) is 15.7 Å². The lowest BCUT2D eigenvalue weighted by Gasteiger charge is -2.09. The molecule has 0 aliphatic carbocycles. The third kappa shape index (κ3) is 3.45. The number of hydrogen-bond acceptors (Lipinski definition) is 6. The number of imidazole rings is 1. The number of nitrogens with zero attached hydrogens (tertiary/aromatic N) is 6. The van der Waals surface area contributed by atoms with E-state index in [1.54, 1.807) is 30.2 Å². The molecule has 0 aliphatic heterocycles. The van der Waals surface area contributed by atoms with E-state index in [2.05, 4.69) is 20.5 Å². The van der Waals surface area contributed by atoms with Crippen LogP contribution in [0.4, 0.5) is 5.95 Å². The monoisotopic (exact) mass is 389 g/mol. The summed E-state index contributed by atoms with van der Waals surface area (Å²) < 4.78 is 4.17. The Labute approximate surface area is 165 Å². The number of rotatable bonds is 5. The molecular formula is C20H19N7O2. The average molecular weight is 389 g/mol. The van der Waals surface area contributed by atoms with Gasteiger partial charge in [-0.2, -0.15) is 10.1 Å². The van der Waals surface area contributed by atoms with Gasteiger partial charge in [0.15, 0.2) is 11.2 Å². The molecule has 9 nitrogen and oxygen atoms in total. The van der Waals surface area contributed by atoms with E-state index < -0.39 is 11.2 Å². The van der Waals surface area contributed by atoms with Crippen molar-refractivity contribution in [3.8, 4) is 0 Å². The Morgan fingerprint density at radius 2 is 1.76 bits per heavy atom. The van der Waals surface area contributed by atoms with Crippen molar-refractivity contribution < 1.29 is 0 Å². The first-order valence-corrected chi connectivity index (χ1v) is 8.95. The highest BCUT2D eigenvalue weighted by Gasteiger charge is 2.19. The van der Waals surface area contributed by atoms with Crippen molar-refractivity contribution in [3.05, 3.63) is 86.8 Å². The summed E-state index contributed by atoms with van der Waals surface area (Å²) in [7, 11) is 3.05. The van der Waals surface area contributed by atoms with Crippen LogP contribution in [0.25, 0.3) is 11.2 Å². The summed E-state index contributed by atoms with van der Waals surface area (Å²) >= 11 is 0. The maximum Gasteiger partial charge on any atom is 0.332 e. The number of anilines is 1. The van der Waals surface area contributed by atoms with Crippen LogP contribution in [0.1, 0.15) is 11.1 Å². The predicted molar refractivity (Wildman–Crippen MR) is 111 cm³/mol. The van der Waals surface area contributed by atoms with Gasteiger partial charge in [-0.1, -0.05) is 30.3 Å². The van der Waals surface area contributed by atoms with Crippen LogP contribution < -0.4 is 16.7 Å². The molecule has 0 amide bonds. The molecule has 0 saturated heterocycles. The first-order chi connectivity index (χ1) is 14.1. The highest BCUT2D eigenvalue weighted by Crippen LogP contribution is 2.18. The first-order valence-electron chi connectivity index (χ1n) is 8.95. The van der Waals surface area contributed by atoms with E-state index >= 15 is 0 Å². The molecule has 0 bridgehead atoms. The lowest BCUT2D eigenvalue weighted by atomic mass is 10.2. The van der Waals surface area contributed by atoms with Crippen LogP contribution in [-0.2, 0) is 20.6 Å². The molecule has 0 spiro atoms. The molecule has 4 aromatic rings. The van der Waals surface area contributed by atoms with Gasteiger partial charge in [0.2, 0.25) is 5.95 Å². The van der Waals surface area contributed by atoms with Gasteiger partial charge >= 0.3 is 5.69 Å². The molecule has 0 aliphatic rings. The maximum atomic E-state index is 12.8. The number of aromatic nitrogens is 5. The molecule has 1 aromatic carbocycles. The van der Waals surface area contributed by atoms with Crippen LogP contribution in [0.3, 0.4) is 0 Å². The predicted octanol–water partition coefficient (Wildman–Crippen LogP) is 1.32. The van der Waals surface area contributed by atoms with Crippen molar-refractivity contribution in [1.29, 1.82) is 0 Å². The fraction of sp³-hybridized carbons (Fsp3) is 0.150. The molecule has 0 unspecified atom stereocenters. The molecule has 0 saturated carbocycles. The van der Waals surface area contributed by atoms with Crippen LogP contribution in [0.5, 0.6) is 0 Å². The lowest BCUT2D eigenvalue weighted by molar-refractivity contribution is 0.702. The minimum Gasteiger partial charge on any atom is -0.298 e. The largest absolute Gasteiger partial charge is 0.332 e. The molecule has 9 heteroatoms. The molecule has 29 heavy (non-hydrogen) atoms. The van der Waals surface area contributed by atoms with Gasteiger partial charge in [0.1, 0.15) is 0 Å². The third-order valence-electron chi connectivity index (χ3n) is 4.62. The average Bonchev–Trinajstić information content (AvgIpc) is 3.10. The van der Waals surface area contributed by atoms with Crippen molar-refractivity contribution in [1.82, 2.24) is 23.7 Å². The second-order valence-electron chi connectivity index (χ2n) is 6.54. The standard InChI is InChI=1S/C20H19N7O2/c1-25-17-16(18(28)26(2)20(25)29)27(13-15-6-4-3-5-7-15)19(23-17)24-22-12-14-8-10-21-11-9-14/h3-12H,13H2,1-2H3,(H,23,24)/b22-12-. The van der Waals surface area contributed by atoms with Gasteiger partial charge in [0.25, 0.3) is 5.56 Å². The van der Waals surface area contributed by atoms with Crippen LogP contribution in [0, 0.1) is 0 Å². The van der Waals surface area contributed by atoms with Crippen molar-refractivity contribution in [2.24, 2.45) is 19.2 Å². The zero-order valence-electron chi connectivity index (χ0n) is 16.0. The Bertz CT molecular complexity index is 1300. The van der Waals surface area contributed by atoms with Gasteiger partial charge in [-0.15, -0.1) is 0 Å². The summed E-state index contributed by atoms with van der Waals surface area (Å²) in [5.74, 6) is 0.368. The van der Waals surface area contributed by atoms with E-state index in [1.165, 1.54) is 11.6 Å². The molecule has 0 fully saturated rings. The van der Waals surface area contributed by atoms with Crippen molar-refractivity contribution in [2.45, 2.75) is 6.54 Å². The quantitative estimate of drug-likeness (QED) is 0.410. The van der Waals surface area contributed by atoms with Crippen LogP contribution in [0.2, 0.25) is 0 Å². The normalized spacial score (nSPS) is 11.4. The minimum atomic E-state index is -0.432. The molecule has 3 heterocycles. The Morgan fingerprint density at radius 3 is 2.48 bits per heavy atom. The molecule has 0 radical (unpaired) electrons. The van der Waals surface area contributed by atoms with Gasteiger partial charge in [-0.05, 0) is 23.3 Å². The Kier molecular flexibility index (Phi) is 4.78. The zero-order valence-corrected chi connectivity index (χ0v) is 16.0. The van der Waals surface area contributed by atoms with Crippen molar-refractivity contribution in [3.63, 3.8) is 0 Å². The highest BCUT2D eigenvalue weighted by molar-refractivity contribution is 5.80. The van der Waals surface area contributed by atoms with Crippen molar-refractivity contribution >= 4 is 23.3 Å². The fourth-order valence-electron chi connectivity index (χ4n) is 3.07. The fourth-order valence-corrected chi connectivity index (χ4v) is 3.07. The number of hydrogen-bond donors (Lipinski definition) is 1. The van der Waals surface area contributed by atoms with E-state index in [-0.39, 0.29) is 0 Å². The van der Waals surface area contributed by atoms with Gasteiger partial charge in [0.05, 0.1) is 12.8 Å². The summed E-state index contributed by atoms with van der Waals surface area (Å²) in [5.41, 5.74) is 4.55. The number of fused-ring (bicyclic) bond motifs is 1. The smallest absolute Gasteiger partial charge is 0.298 e. The summed E-state index contributed by atoms with van der Waals surface area (Å²) in [6.45, 7) is 0.401. The number of pyridine rings is 1. The second kappa shape index (κ2) is 7.55. The first kappa shape index (κ1) is 18.4. The van der Waals surface area contributed by atoms with Crippen LogP contribution in [0.15, 0.2) is 69.5 Å². The number of aryl methyl sites for hydroxylation is 1. The maximum absolute atomic E-state index is 12.8. The van der Waals surface area contributed by atoms with Gasteiger partial charge in [0, 0.05) is 26.5 Å². The van der Waals surface area contributed by atoms with E-state index in [1.807, 2.05) is 42.5 Å². The van der Waals surface area contributed by atoms with Gasteiger partial charge < -0.3 is 0 Å². The third-order valence-corrected chi connectivity index (χ3v) is 4.62. The number of benzene rings is 1. The van der Waals surface area contributed by atoms with Crippen LogP contribution >= 0.6 is 0 Å². The van der Waals surface area contributed by atoms with E-state index in [0.29, 0.717) is 23.7 Å². The molecular weight excluding hydrogens is 370 g/mol. The summed E-state index contributed by atoms with van der Waals surface area (Å²) in [4.78, 5) is 33.6. The molecule has 1 N–H and O–H groups in total. The van der Waals surface area contributed by atoms with Crippen molar-refractivity contribution in [2.75, 3.05) is 5.43 Å². The van der Waals surface area contributed by atoms with E-state index in [9.17, 15) is 9.59 Å². The molecule has 0 atom stereocenters. The molecule has 4 rings (SSSR count). The number of hydrazone groups is 1. The topological polar surface area (TPSA) is 99.1 Å². The Hall–Kier alpha value is -4.01. The van der Waals surface area contributed by atoms with E-state index in [4.69, 9.17) is 0 Å². The van der Waals surface area contributed by atoms with Gasteiger partial charge in [-0.3, -0.25) is 23.5 Å². The summed E-state index contributed by atoms with van der Waals surface area (Å²) in [6, 6.07) is 13.3. The molecule has 146 valence electrons. The molecule has 3 aromatic heterocycles. The Balaban J connectivity index is 1.84. The Morgan fingerprint density at radius 1 is 1.03 bits per heavy atom. The van der Waals surface area contributed by atoms with Crippen LogP contribution in [-0.4, -0.2) is 29.9 Å². The SMILES string of the molecule is Cn1c(=O)c2c(nc(N/N=C\c3ccncc3)n2Cc2ccccc2)n(C)c1=O. The van der Waals surface area contributed by atoms with Gasteiger partial charge in [-0.25, -0.2) is 10.2 Å². The highest BCUT2D eigenvalue weighted by atomic mass is 16.2.